The Morgan fingerprint density at radius 2 is 0.977 bits per heavy atom. The fraction of sp³-hybridized carbons (Fsp3) is 0.282. The molecule has 0 radical (unpaired) electrons. The van der Waals surface area contributed by atoms with Crippen LogP contribution in [-0.2, 0) is 26.9 Å². The van der Waals surface area contributed by atoms with Crippen LogP contribution in [0.1, 0.15) is 81.5 Å². The topological polar surface area (TPSA) is 0 Å². The van der Waals surface area contributed by atoms with Gasteiger partial charge in [0.05, 0.1) is 0 Å². The van der Waals surface area contributed by atoms with Crippen LogP contribution in [0.5, 0.6) is 0 Å². The fourth-order valence-corrected chi connectivity index (χ4v) is 14.2. The van der Waals surface area contributed by atoms with Crippen molar-refractivity contribution in [3.63, 3.8) is 0 Å². The van der Waals surface area contributed by atoms with E-state index >= 15 is 0 Å². The third-order valence-electron chi connectivity index (χ3n) is 8.80. The molecule has 0 saturated heterocycles. The van der Waals surface area contributed by atoms with Crippen molar-refractivity contribution >= 4 is 23.6 Å². The monoisotopic (exact) mass is 692 g/mol. The summed E-state index contributed by atoms with van der Waals surface area (Å²) in [5.41, 5.74) is 7.02. The first-order valence-electron chi connectivity index (χ1n) is 15.2. The zero-order valence-electron chi connectivity index (χ0n) is 26.6. The Balaban J connectivity index is 0.00000225. The Morgan fingerprint density at radius 1 is 0.568 bits per heavy atom. The standard InChI is InChI=1S/C39H43Si.3ClH.Ti/c1-28(2)33-15-10-18-36(25-33)40(37-19-11-16-34(26-37)29(3)4,38-20-12-17-35(27-38)30(5)6)39-22-21-32(24-39)23-31-13-8-7-9-14-31;;;;/h7-22,24-30H,23H2,1-6H3;3*1H;/q;;;;+3/p-3. The van der Waals surface area contributed by atoms with E-state index in [4.69, 9.17) is 0 Å². The summed E-state index contributed by atoms with van der Waals surface area (Å²) in [5, 5.41) is 4.49. The number of halogens is 3. The number of allylic oxidation sites excluding steroid dienone is 4. The average Bonchev–Trinajstić information content (AvgIpc) is 3.35. The van der Waals surface area contributed by atoms with E-state index in [0.717, 1.165) is 6.42 Å². The van der Waals surface area contributed by atoms with E-state index in [-0.39, 0.29) is 40.6 Å². The molecule has 0 bridgehead atoms. The Hall–Kier alpha value is -1.84. The summed E-state index contributed by atoms with van der Waals surface area (Å²) in [6, 6.07) is 39.7. The summed E-state index contributed by atoms with van der Waals surface area (Å²) >= 11 is 2.51. The molecule has 1 atom stereocenters. The number of benzene rings is 4. The molecule has 0 saturated carbocycles. The zero-order valence-corrected chi connectivity index (χ0v) is 31.4. The van der Waals surface area contributed by atoms with E-state index in [1.165, 1.54) is 43.4 Å². The minimum Gasteiger partial charge on any atom is -1.00 e. The molecule has 0 heterocycles. The molecule has 0 fully saturated rings. The Kier molecular flexibility index (Phi) is 14.1. The van der Waals surface area contributed by atoms with Gasteiger partial charge in [-0.2, -0.15) is 0 Å². The van der Waals surface area contributed by atoms with Gasteiger partial charge >= 0.3 is 262 Å². The number of hydrogen-bond acceptors (Lipinski definition) is 0. The van der Waals surface area contributed by atoms with Gasteiger partial charge in [-0.15, -0.1) is 0 Å². The molecule has 0 amide bonds. The maximum Gasteiger partial charge on any atom is -1.00 e. The quantitative estimate of drug-likeness (QED) is 0.164. The molecule has 4 aromatic rings. The van der Waals surface area contributed by atoms with Crippen molar-refractivity contribution in [1.82, 2.24) is 0 Å². The molecule has 0 spiro atoms. The molecule has 0 nitrogen and oxygen atoms in total. The smallest absolute Gasteiger partial charge is 1.00 e. The molecule has 44 heavy (non-hydrogen) atoms. The van der Waals surface area contributed by atoms with E-state index in [0.29, 0.717) is 17.8 Å². The first kappa shape index (κ1) is 38.3. The first-order valence-corrected chi connectivity index (χ1v) is 17.9. The molecule has 1 aliphatic rings. The van der Waals surface area contributed by atoms with Crippen molar-refractivity contribution in [1.29, 1.82) is 0 Å². The molecule has 4 aromatic carbocycles. The van der Waals surface area contributed by atoms with Crippen molar-refractivity contribution < 1.29 is 57.7 Å². The molecular weight excluding hydrogens is 651 g/mol. The Bertz CT molecular complexity index is 1450. The van der Waals surface area contributed by atoms with Crippen molar-refractivity contribution in [2.24, 2.45) is 0 Å². The van der Waals surface area contributed by atoms with Crippen LogP contribution >= 0.6 is 0 Å². The van der Waals surface area contributed by atoms with Gasteiger partial charge in [0, 0.05) is 0 Å². The summed E-state index contributed by atoms with van der Waals surface area (Å²) < 4.78 is -0.141. The minimum atomic E-state index is -2.67. The molecule has 0 aromatic heterocycles. The molecule has 5 rings (SSSR count). The second kappa shape index (κ2) is 16.1. The van der Waals surface area contributed by atoms with E-state index in [2.05, 4.69) is 183 Å². The van der Waals surface area contributed by atoms with Gasteiger partial charge in [-0.1, -0.05) is 0 Å². The van der Waals surface area contributed by atoms with E-state index in [9.17, 15) is 0 Å². The summed E-state index contributed by atoms with van der Waals surface area (Å²) in [6.45, 7) is 13.9. The van der Waals surface area contributed by atoms with Crippen LogP contribution in [0, 0.1) is 0 Å². The van der Waals surface area contributed by atoms with E-state index in [1.54, 1.807) is 0 Å². The molecule has 0 N–H and O–H groups in total. The fourth-order valence-electron chi connectivity index (χ4n) is 6.41. The summed E-state index contributed by atoms with van der Waals surface area (Å²) in [5.74, 6) is 1.42. The normalized spacial score (nSPS) is 15.9. The second-order valence-electron chi connectivity index (χ2n) is 12.7. The molecule has 0 aliphatic heterocycles. The van der Waals surface area contributed by atoms with Gasteiger partial charge in [-0.25, -0.2) is 0 Å². The maximum absolute atomic E-state index is 2.67. The van der Waals surface area contributed by atoms with Gasteiger partial charge in [0.25, 0.3) is 0 Å². The molecule has 5 heteroatoms. The summed E-state index contributed by atoms with van der Waals surface area (Å²) in [4.78, 5) is 0. The zero-order chi connectivity index (χ0) is 29.2. The van der Waals surface area contributed by atoms with Gasteiger partial charge in [0.2, 0.25) is 0 Å². The van der Waals surface area contributed by atoms with Gasteiger partial charge in [-0.3, -0.25) is 0 Å². The van der Waals surface area contributed by atoms with Crippen LogP contribution in [0.25, 0.3) is 0 Å². The van der Waals surface area contributed by atoms with Crippen molar-refractivity contribution in [3.8, 4) is 0 Å². The molecule has 1 unspecified atom stereocenters. The predicted octanol–water partition coefficient (Wildman–Crippen LogP) is -0.477. The van der Waals surface area contributed by atoms with Crippen LogP contribution in [0.4, 0.5) is 0 Å². The largest absolute Gasteiger partial charge is 1.00 e. The van der Waals surface area contributed by atoms with E-state index in [1.807, 2.05) is 0 Å². The van der Waals surface area contributed by atoms with Crippen LogP contribution in [-0.4, -0.2) is 8.07 Å². The predicted molar refractivity (Wildman–Crippen MR) is 176 cm³/mol. The van der Waals surface area contributed by atoms with E-state index < -0.39 is 8.07 Å². The average molecular weight is 694 g/mol. The SMILES string of the molecule is CC(C)c1cccc([Si](c2cccc(C(C)C)c2)(c2cccc(C(C)C)c2)[C]2([Ti+3])C=CC(Cc3ccccc3)=C2)c1.[Cl-].[Cl-].[Cl-]. The summed E-state index contributed by atoms with van der Waals surface area (Å²) in [6.07, 6.45) is 8.54. The Morgan fingerprint density at radius 3 is 1.36 bits per heavy atom. The van der Waals surface area contributed by atoms with Crippen LogP contribution in [0.15, 0.2) is 127 Å². The number of hydrogen-bond donors (Lipinski definition) is 0. The molecular formula is C39H43Cl3SiTi. The Labute approximate surface area is 297 Å². The van der Waals surface area contributed by atoms with Crippen molar-refractivity contribution in [2.75, 3.05) is 0 Å². The second-order valence-corrected chi connectivity index (χ2v) is 18.8. The van der Waals surface area contributed by atoms with Crippen molar-refractivity contribution in [2.45, 2.75) is 69.1 Å². The molecule has 1 aliphatic carbocycles. The minimum absolute atomic E-state index is 0. The third-order valence-corrected chi connectivity index (χ3v) is 16.1. The maximum atomic E-state index is 2.62. The van der Waals surface area contributed by atoms with Crippen LogP contribution < -0.4 is 52.8 Å². The van der Waals surface area contributed by atoms with Crippen LogP contribution in [0.2, 0.25) is 3.34 Å². The number of rotatable bonds is 9. The van der Waals surface area contributed by atoms with Crippen molar-refractivity contribution in [3.05, 3.63) is 149 Å². The summed E-state index contributed by atoms with van der Waals surface area (Å²) in [7, 11) is -2.67. The molecule has 228 valence electrons. The van der Waals surface area contributed by atoms with Crippen LogP contribution in [0.3, 0.4) is 0 Å². The van der Waals surface area contributed by atoms with Gasteiger partial charge in [-0.05, 0) is 0 Å². The third kappa shape index (κ3) is 7.58. The van der Waals surface area contributed by atoms with Gasteiger partial charge < -0.3 is 37.2 Å². The first-order chi connectivity index (χ1) is 19.6. The van der Waals surface area contributed by atoms with Gasteiger partial charge in [0.1, 0.15) is 0 Å². The van der Waals surface area contributed by atoms with Gasteiger partial charge in [0.15, 0.2) is 0 Å².